The largest absolute Gasteiger partial charge is 0.368 e. The highest BCUT2D eigenvalue weighted by Gasteiger charge is 2.10. The third-order valence-electron chi connectivity index (χ3n) is 3.97. The van der Waals surface area contributed by atoms with Crippen LogP contribution in [-0.2, 0) is 6.54 Å². The Morgan fingerprint density at radius 3 is 2.88 bits per heavy atom. The zero-order chi connectivity index (χ0) is 17.2. The molecule has 2 heterocycles. The van der Waals surface area contributed by atoms with Gasteiger partial charge in [0.1, 0.15) is 5.82 Å². The quantitative estimate of drug-likeness (QED) is 0.456. The van der Waals surface area contributed by atoms with Gasteiger partial charge in [0.25, 0.3) is 0 Å². The summed E-state index contributed by atoms with van der Waals surface area (Å²) in [4.78, 5) is 8.09. The number of aromatic nitrogens is 4. The van der Waals surface area contributed by atoms with E-state index in [9.17, 15) is 0 Å². The molecule has 4 aromatic rings. The molecule has 6 N–H and O–H groups in total. The lowest BCUT2D eigenvalue weighted by molar-refractivity contribution is 1.07. The molecule has 0 aliphatic heterocycles. The highest BCUT2D eigenvalue weighted by atomic mass is 15.1. The van der Waals surface area contributed by atoms with Gasteiger partial charge in [0, 0.05) is 29.4 Å². The van der Waals surface area contributed by atoms with Gasteiger partial charge < -0.3 is 16.8 Å². The molecule has 0 fully saturated rings. The molecule has 7 nitrogen and oxygen atoms in total. The van der Waals surface area contributed by atoms with E-state index in [1.54, 1.807) is 18.5 Å². The average molecular weight is 331 g/mol. The summed E-state index contributed by atoms with van der Waals surface area (Å²) in [6.45, 7) is 0.498. The first-order chi connectivity index (χ1) is 12.2. The number of anilines is 3. The van der Waals surface area contributed by atoms with Crippen LogP contribution in [0.4, 0.5) is 17.5 Å². The van der Waals surface area contributed by atoms with Crippen LogP contribution in [0.3, 0.4) is 0 Å². The van der Waals surface area contributed by atoms with Gasteiger partial charge in [-0.15, -0.1) is 0 Å². The Balaban J connectivity index is 1.82. The van der Waals surface area contributed by atoms with Crippen LogP contribution in [0.1, 0.15) is 5.56 Å². The van der Waals surface area contributed by atoms with Crippen LogP contribution in [-0.4, -0.2) is 20.2 Å². The van der Waals surface area contributed by atoms with Crippen molar-refractivity contribution in [1.29, 1.82) is 0 Å². The molecule has 7 heteroatoms. The SMILES string of the molecule is NCc1cccc(-c2cc(Nc3ccnc(N)n3)cc3cn[nH]c23)c1. The molecule has 25 heavy (non-hydrogen) atoms. The van der Waals surface area contributed by atoms with Crippen LogP contribution in [0.25, 0.3) is 22.0 Å². The maximum absolute atomic E-state index is 5.78. The van der Waals surface area contributed by atoms with Gasteiger partial charge in [0.05, 0.1) is 11.7 Å². The van der Waals surface area contributed by atoms with Gasteiger partial charge in [0.2, 0.25) is 5.95 Å². The molecule has 0 spiro atoms. The molecule has 4 rings (SSSR count). The number of hydrogen-bond acceptors (Lipinski definition) is 6. The predicted octanol–water partition coefficient (Wildman–Crippen LogP) is 2.80. The summed E-state index contributed by atoms with van der Waals surface area (Å²) in [5.74, 6) is 0.863. The van der Waals surface area contributed by atoms with E-state index in [-0.39, 0.29) is 5.95 Å². The van der Waals surface area contributed by atoms with Gasteiger partial charge in [-0.3, -0.25) is 5.10 Å². The maximum atomic E-state index is 5.78. The van der Waals surface area contributed by atoms with Crippen LogP contribution in [0.2, 0.25) is 0 Å². The predicted molar refractivity (Wildman–Crippen MR) is 99.1 cm³/mol. The van der Waals surface area contributed by atoms with Crippen molar-refractivity contribution in [2.24, 2.45) is 5.73 Å². The molecule has 0 aliphatic carbocycles. The van der Waals surface area contributed by atoms with E-state index < -0.39 is 0 Å². The number of rotatable bonds is 4. The van der Waals surface area contributed by atoms with Crippen LogP contribution in [0.5, 0.6) is 0 Å². The monoisotopic (exact) mass is 331 g/mol. The van der Waals surface area contributed by atoms with Crippen molar-refractivity contribution in [3.05, 3.63) is 60.4 Å². The number of nitrogens with zero attached hydrogens (tertiary/aromatic N) is 3. The minimum absolute atomic E-state index is 0.227. The van der Waals surface area contributed by atoms with Crippen molar-refractivity contribution in [3.63, 3.8) is 0 Å². The van der Waals surface area contributed by atoms with E-state index in [0.717, 1.165) is 33.3 Å². The zero-order valence-corrected chi connectivity index (χ0v) is 13.4. The van der Waals surface area contributed by atoms with Crippen LogP contribution in [0.15, 0.2) is 54.9 Å². The number of fused-ring (bicyclic) bond motifs is 1. The van der Waals surface area contributed by atoms with Crippen molar-refractivity contribution >= 4 is 28.4 Å². The summed E-state index contributed by atoms with van der Waals surface area (Å²) in [5, 5.41) is 11.5. The summed E-state index contributed by atoms with van der Waals surface area (Å²) >= 11 is 0. The van der Waals surface area contributed by atoms with Gasteiger partial charge in [0.15, 0.2) is 0 Å². The van der Waals surface area contributed by atoms with Crippen LogP contribution in [0, 0.1) is 0 Å². The molecule has 0 saturated carbocycles. The minimum Gasteiger partial charge on any atom is -0.368 e. The molecule has 0 aliphatic rings. The Morgan fingerprint density at radius 1 is 1.12 bits per heavy atom. The Labute approximate surface area is 144 Å². The number of hydrogen-bond donors (Lipinski definition) is 4. The normalized spacial score (nSPS) is 10.9. The van der Waals surface area contributed by atoms with Crippen LogP contribution < -0.4 is 16.8 Å². The van der Waals surface area contributed by atoms with E-state index in [0.29, 0.717) is 12.4 Å². The van der Waals surface area contributed by atoms with E-state index in [2.05, 4.69) is 43.7 Å². The van der Waals surface area contributed by atoms with E-state index in [4.69, 9.17) is 11.5 Å². The number of aromatic amines is 1. The van der Waals surface area contributed by atoms with Crippen molar-refractivity contribution in [3.8, 4) is 11.1 Å². The topological polar surface area (TPSA) is 119 Å². The minimum atomic E-state index is 0.227. The number of nitrogens with two attached hydrogens (primary N) is 2. The number of H-pyrrole nitrogens is 1. The average Bonchev–Trinajstić information content (AvgIpc) is 3.09. The molecule has 0 saturated heterocycles. The summed E-state index contributed by atoms with van der Waals surface area (Å²) < 4.78 is 0. The first-order valence-electron chi connectivity index (χ1n) is 7.85. The Hall–Kier alpha value is -3.45. The maximum Gasteiger partial charge on any atom is 0.221 e. The Bertz CT molecular complexity index is 1040. The van der Waals surface area contributed by atoms with E-state index in [1.165, 1.54) is 0 Å². The molecule has 124 valence electrons. The molecule has 0 amide bonds. The van der Waals surface area contributed by atoms with Crippen molar-refractivity contribution in [2.45, 2.75) is 6.54 Å². The summed E-state index contributed by atoms with van der Waals surface area (Å²) in [5.41, 5.74) is 16.5. The van der Waals surface area contributed by atoms with Gasteiger partial charge in [-0.1, -0.05) is 18.2 Å². The van der Waals surface area contributed by atoms with Gasteiger partial charge in [-0.05, 0) is 35.4 Å². The molecule has 0 radical (unpaired) electrons. The smallest absolute Gasteiger partial charge is 0.221 e. The highest BCUT2D eigenvalue weighted by molar-refractivity contribution is 5.96. The molecular weight excluding hydrogens is 314 g/mol. The van der Waals surface area contributed by atoms with Crippen molar-refractivity contribution in [2.75, 3.05) is 11.1 Å². The second-order valence-electron chi connectivity index (χ2n) is 5.69. The third kappa shape index (κ3) is 3.00. The fraction of sp³-hybridized carbons (Fsp3) is 0.0556. The second-order valence-corrected chi connectivity index (χ2v) is 5.69. The number of benzene rings is 2. The number of nitrogen functional groups attached to an aromatic ring is 1. The summed E-state index contributed by atoms with van der Waals surface area (Å²) in [6.07, 6.45) is 3.41. The Kier molecular flexibility index (Phi) is 3.75. The fourth-order valence-electron chi connectivity index (χ4n) is 2.81. The van der Waals surface area contributed by atoms with Crippen LogP contribution >= 0.6 is 0 Å². The lowest BCUT2D eigenvalue weighted by Crippen LogP contribution is -1.99. The van der Waals surface area contributed by atoms with E-state index in [1.807, 2.05) is 18.2 Å². The fourth-order valence-corrected chi connectivity index (χ4v) is 2.81. The second kappa shape index (κ2) is 6.21. The first-order valence-corrected chi connectivity index (χ1v) is 7.85. The summed E-state index contributed by atoms with van der Waals surface area (Å²) in [6, 6.07) is 14.0. The lowest BCUT2D eigenvalue weighted by Gasteiger charge is -2.10. The van der Waals surface area contributed by atoms with Gasteiger partial charge in [-0.2, -0.15) is 10.1 Å². The molecule has 0 bridgehead atoms. The standard InChI is InChI=1S/C18H17N7/c19-9-11-2-1-3-12(6-11)15-8-14(7-13-10-22-25-17(13)15)23-16-4-5-21-18(20)24-16/h1-8,10H,9,19H2,(H,22,25)(H3,20,21,23,24). The summed E-state index contributed by atoms with van der Waals surface area (Å²) in [7, 11) is 0. The van der Waals surface area contributed by atoms with Crippen molar-refractivity contribution in [1.82, 2.24) is 20.2 Å². The third-order valence-corrected chi connectivity index (χ3v) is 3.97. The highest BCUT2D eigenvalue weighted by Crippen LogP contribution is 2.32. The molecule has 2 aromatic carbocycles. The van der Waals surface area contributed by atoms with Gasteiger partial charge >= 0.3 is 0 Å². The van der Waals surface area contributed by atoms with E-state index >= 15 is 0 Å². The first kappa shape index (κ1) is 15.1. The zero-order valence-electron chi connectivity index (χ0n) is 13.4. The molecule has 0 atom stereocenters. The molecule has 2 aromatic heterocycles. The Morgan fingerprint density at radius 2 is 2.04 bits per heavy atom. The van der Waals surface area contributed by atoms with Crippen molar-refractivity contribution < 1.29 is 0 Å². The number of nitrogens with one attached hydrogen (secondary N) is 2. The van der Waals surface area contributed by atoms with Gasteiger partial charge in [-0.25, -0.2) is 4.98 Å². The molecule has 0 unspecified atom stereocenters. The molecular formula is C18H17N7. The lowest BCUT2D eigenvalue weighted by atomic mass is 10.00.